The van der Waals surface area contributed by atoms with E-state index >= 15 is 0 Å². The molecular weight excluding hydrogens is 249 g/mol. The van der Waals surface area contributed by atoms with Crippen molar-refractivity contribution >= 4 is 24.4 Å². The van der Waals surface area contributed by atoms with Crippen LogP contribution in [0.15, 0.2) is 23.1 Å². The number of hydrogen-bond acceptors (Lipinski definition) is 2. The fourth-order valence-electron chi connectivity index (χ4n) is 1.02. The molecule has 0 fully saturated rings. The number of anilines is 1. The maximum atomic E-state index is 12.0. The van der Waals surface area contributed by atoms with E-state index in [9.17, 15) is 12.9 Å². The van der Waals surface area contributed by atoms with E-state index in [1.165, 1.54) is 0 Å². The van der Waals surface area contributed by atoms with Gasteiger partial charge in [0.1, 0.15) is 0 Å². The molecule has 0 aromatic heterocycles. The smallest absolute Gasteiger partial charge is 0.448 e. The first-order valence-corrected chi connectivity index (χ1v) is 5.07. The molecule has 0 aliphatic carbocycles. The second kappa shape index (κ2) is 6.56. The monoisotopic (exact) mass is 259 g/mol. The molecule has 0 aliphatic rings. The second-order valence-corrected chi connectivity index (χ2v) is 4.11. The number of halogens is 3. The first-order valence-electron chi connectivity index (χ1n) is 4.08. The Balaban J connectivity index is 0.00000196. The minimum atomic E-state index is -4.72. The zero-order valence-corrected chi connectivity index (χ0v) is 12.6. The van der Waals surface area contributed by atoms with Crippen LogP contribution in [-0.2, 0) is 0 Å². The van der Waals surface area contributed by atoms with Gasteiger partial charge >= 0.3 is 58.4 Å². The minimum absolute atomic E-state index is 0. The molecule has 0 saturated heterocycles. The van der Waals surface area contributed by atoms with E-state index in [2.05, 4.69) is 0 Å². The van der Waals surface area contributed by atoms with E-state index < -0.39 is 12.6 Å². The Bertz CT molecular complexity index is 332. The van der Waals surface area contributed by atoms with Crippen LogP contribution in [0.1, 0.15) is 5.56 Å². The molecule has 0 radical (unpaired) electrons. The van der Waals surface area contributed by atoms with Gasteiger partial charge in [0.15, 0.2) is 0 Å². The Morgan fingerprint density at radius 3 is 2.40 bits per heavy atom. The van der Waals surface area contributed by atoms with Gasteiger partial charge in [-0.1, -0.05) is 0 Å². The van der Waals surface area contributed by atoms with Crippen molar-refractivity contribution < 1.29 is 64.3 Å². The predicted octanol–water partition coefficient (Wildman–Crippen LogP) is 0.0599. The van der Waals surface area contributed by atoms with Gasteiger partial charge in [0.05, 0.1) is 0 Å². The summed E-state index contributed by atoms with van der Waals surface area (Å²) in [6, 6.07) is 4.90. The molecule has 0 unspecified atom stereocenters. The van der Waals surface area contributed by atoms with Gasteiger partial charge in [-0.15, -0.1) is 0 Å². The number of hydrogen-bond donors (Lipinski definition) is 1. The fraction of sp³-hybridized carbons (Fsp3) is 0.250. The maximum absolute atomic E-state index is 12.0. The van der Waals surface area contributed by atoms with Gasteiger partial charge in [0.25, 0.3) is 0 Å². The first-order chi connectivity index (χ1) is 6.38. The molecule has 1 nitrogen and oxygen atoms in total. The molecule has 0 bridgehead atoms. The first kappa shape index (κ1) is 15.9. The third-order valence-corrected chi connectivity index (χ3v) is 2.94. The van der Waals surface area contributed by atoms with Crippen molar-refractivity contribution in [3.63, 3.8) is 0 Å². The number of thioether (sulfide) groups is 1. The summed E-state index contributed by atoms with van der Waals surface area (Å²) in [6.45, 7) is -2.97. The molecule has 0 heterocycles. The van der Waals surface area contributed by atoms with Crippen molar-refractivity contribution in [2.24, 2.45) is 0 Å². The van der Waals surface area contributed by atoms with Crippen LogP contribution in [-0.4, -0.2) is 12.6 Å². The number of nitrogen functional groups attached to an aromatic ring is 1. The molecule has 0 atom stereocenters. The van der Waals surface area contributed by atoms with Crippen molar-refractivity contribution in [3.05, 3.63) is 23.8 Å². The van der Waals surface area contributed by atoms with Crippen LogP contribution in [0.25, 0.3) is 0 Å². The normalized spacial score (nSPS) is 10.9. The average molecular weight is 259 g/mol. The van der Waals surface area contributed by atoms with Gasteiger partial charge in [-0.3, -0.25) is 0 Å². The summed E-state index contributed by atoms with van der Waals surface area (Å²) >= 11 is 0.810. The van der Waals surface area contributed by atoms with Crippen LogP contribution in [0, 0.1) is 6.92 Å². The number of nitrogens with two attached hydrogens (primary N) is 1. The number of rotatable bonds is 3. The molecule has 1 aromatic rings. The van der Waals surface area contributed by atoms with Gasteiger partial charge in [-0.2, -0.15) is 11.8 Å². The quantitative estimate of drug-likeness (QED) is 0.472. The van der Waals surface area contributed by atoms with E-state index in [1.807, 2.05) is 0 Å². The van der Waals surface area contributed by atoms with Crippen molar-refractivity contribution in [2.45, 2.75) is 11.8 Å². The van der Waals surface area contributed by atoms with E-state index in [-0.39, 0.29) is 51.4 Å². The largest absolute Gasteiger partial charge is 1.00 e. The molecular formula is C8H10BF3KNS. The number of aryl methyl sites for hydroxylation is 1. The Morgan fingerprint density at radius 2 is 1.93 bits per heavy atom. The van der Waals surface area contributed by atoms with Crippen molar-refractivity contribution in [2.75, 3.05) is 11.4 Å². The molecule has 0 saturated carbocycles. The SMILES string of the molecule is Cc1cc(N)ccc1SC[B-](F)(F)F.[K+]. The molecule has 15 heavy (non-hydrogen) atoms. The summed E-state index contributed by atoms with van der Waals surface area (Å²) in [7, 11) is 0. The fourth-order valence-corrected chi connectivity index (χ4v) is 1.84. The van der Waals surface area contributed by atoms with Crippen LogP contribution in [0.4, 0.5) is 18.6 Å². The summed E-state index contributed by atoms with van der Waals surface area (Å²) in [4.78, 5) is 0.637. The third kappa shape index (κ3) is 6.23. The van der Waals surface area contributed by atoms with Crippen molar-refractivity contribution in [1.29, 1.82) is 0 Å². The van der Waals surface area contributed by atoms with Gasteiger partial charge in [0.2, 0.25) is 0 Å². The van der Waals surface area contributed by atoms with E-state index in [0.29, 0.717) is 10.6 Å². The minimum Gasteiger partial charge on any atom is -0.448 e. The summed E-state index contributed by atoms with van der Waals surface area (Å²) in [5.74, 6) is 0. The van der Waals surface area contributed by atoms with Crippen LogP contribution >= 0.6 is 11.8 Å². The molecule has 7 heteroatoms. The van der Waals surface area contributed by atoms with E-state index in [1.54, 1.807) is 25.1 Å². The molecule has 1 rings (SSSR count). The van der Waals surface area contributed by atoms with Gasteiger partial charge < -0.3 is 18.7 Å². The van der Waals surface area contributed by atoms with Crippen LogP contribution in [0.2, 0.25) is 0 Å². The molecule has 2 N–H and O–H groups in total. The molecule has 1 aromatic carbocycles. The number of benzene rings is 1. The Labute approximate surface area is 134 Å². The predicted molar refractivity (Wildman–Crippen MR) is 55.4 cm³/mol. The second-order valence-electron chi connectivity index (χ2n) is 3.05. The topological polar surface area (TPSA) is 26.0 Å². The van der Waals surface area contributed by atoms with Crippen LogP contribution < -0.4 is 57.1 Å². The molecule has 0 amide bonds. The molecule has 78 valence electrons. The molecule has 0 aliphatic heterocycles. The maximum Gasteiger partial charge on any atom is 1.00 e. The third-order valence-electron chi connectivity index (χ3n) is 1.63. The average Bonchev–Trinajstić information content (AvgIpc) is 2.00. The zero-order valence-electron chi connectivity index (χ0n) is 8.64. The van der Waals surface area contributed by atoms with Gasteiger partial charge in [-0.25, -0.2) is 0 Å². The Kier molecular flexibility index (Phi) is 6.94. The summed E-state index contributed by atoms with van der Waals surface area (Å²) < 4.78 is 35.9. The van der Waals surface area contributed by atoms with E-state index in [4.69, 9.17) is 5.73 Å². The zero-order chi connectivity index (χ0) is 10.8. The summed E-state index contributed by atoms with van der Waals surface area (Å²) in [5, 5.41) is 0. The Hall–Kier alpha value is 0.861. The molecule has 0 spiro atoms. The van der Waals surface area contributed by atoms with Crippen LogP contribution in [0.5, 0.6) is 0 Å². The van der Waals surface area contributed by atoms with Crippen molar-refractivity contribution in [1.82, 2.24) is 0 Å². The van der Waals surface area contributed by atoms with Crippen LogP contribution in [0.3, 0.4) is 0 Å². The van der Waals surface area contributed by atoms with E-state index in [0.717, 1.165) is 17.3 Å². The van der Waals surface area contributed by atoms with Gasteiger partial charge in [0, 0.05) is 10.6 Å². The summed E-state index contributed by atoms with van der Waals surface area (Å²) in [5.41, 5.74) is 6.04. The summed E-state index contributed by atoms with van der Waals surface area (Å²) in [6.07, 6.45) is 0. The van der Waals surface area contributed by atoms with Crippen molar-refractivity contribution in [3.8, 4) is 0 Å². The Morgan fingerprint density at radius 1 is 1.33 bits per heavy atom. The van der Waals surface area contributed by atoms with Gasteiger partial charge in [-0.05, 0) is 36.3 Å². The standard InChI is InChI=1S/C8H10BF3NS.K/c1-6-4-7(13)2-3-8(6)14-5-9(10,11)12;/h2-4H,5,13H2,1H3;/q-1;+1.